The molecule has 1 atom stereocenters. The zero-order valence-electron chi connectivity index (χ0n) is 95.7. The Bertz CT molecular complexity index is 3730. The number of quaternary nitrogens is 6. The molecule has 8 rings (SSSR count). The minimum atomic E-state index is -0.753. The molecule has 2 aliphatic rings. The summed E-state index contributed by atoms with van der Waals surface area (Å²) in [5, 5.41) is 62.6. The lowest BCUT2D eigenvalue weighted by molar-refractivity contribution is -0.941. The molecule has 0 bridgehead atoms. The Balaban J connectivity index is 0.000000430. The van der Waals surface area contributed by atoms with E-state index in [1.54, 1.807) is 0 Å². The third kappa shape index (κ3) is 44.2. The minimum Gasteiger partial charge on any atom is -0.389 e. The van der Waals surface area contributed by atoms with Crippen LogP contribution in [0.15, 0.2) is 146 Å². The lowest BCUT2D eigenvalue weighted by Crippen LogP contribution is -2.49. The number of unbranched alkanes of at least 4 members (excludes halogenated alkanes) is 12. The Morgan fingerprint density at radius 2 is 0.410 bits per heavy atom. The van der Waals surface area contributed by atoms with E-state index in [9.17, 15) is 30.6 Å². The molecule has 2 saturated carbocycles. The number of nitrogens with zero attached hydrogens (tertiary/aromatic N) is 6. The van der Waals surface area contributed by atoms with Crippen LogP contribution in [0.5, 0.6) is 0 Å². The van der Waals surface area contributed by atoms with Crippen molar-refractivity contribution in [3.8, 4) is 0 Å². The van der Waals surface area contributed by atoms with Gasteiger partial charge in [-0.1, -0.05) is 359 Å². The van der Waals surface area contributed by atoms with Gasteiger partial charge in [-0.2, -0.15) is 0 Å². The van der Waals surface area contributed by atoms with Crippen LogP contribution in [0.2, 0.25) is 0 Å². The zero-order chi connectivity index (χ0) is 103. The summed E-state index contributed by atoms with van der Waals surface area (Å²) in [7, 11) is 0. The number of hydrogen-bond acceptors (Lipinski definition) is 6. The highest BCUT2D eigenvalue weighted by Crippen LogP contribution is 2.41. The molecule has 0 radical (unpaired) electrons. The Labute approximate surface area is 860 Å². The molecule has 139 heavy (non-hydrogen) atoms. The summed E-state index contributed by atoms with van der Waals surface area (Å²) in [5.41, 5.74) is 11.6. The van der Waals surface area contributed by atoms with E-state index in [-0.39, 0.29) is 6.10 Å². The second kappa shape index (κ2) is 68.3. The number of aliphatic hydroxyl groups is 6. The van der Waals surface area contributed by atoms with Crippen LogP contribution >= 0.6 is 0 Å². The molecule has 0 saturated heterocycles. The fourth-order valence-electron chi connectivity index (χ4n) is 22.0. The van der Waals surface area contributed by atoms with Gasteiger partial charge in [-0.3, -0.25) is 0 Å². The molecule has 6 aromatic carbocycles. The first-order valence-corrected chi connectivity index (χ1v) is 58.5. The molecular formula is C127H226N6O6+6. The summed E-state index contributed by atoms with van der Waals surface area (Å²) in [6, 6.07) is 52.5. The summed E-state index contributed by atoms with van der Waals surface area (Å²) < 4.78 is 7.23. The molecule has 0 aliphatic heterocycles. The zero-order valence-corrected chi connectivity index (χ0v) is 95.7. The fraction of sp³-hybridized carbons (Fsp3) is 0.717. The largest absolute Gasteiger partial charge is 0.389 e. The normalized spacial score (nSPS) is 14.4. The second-order valence-electron chi connectivity index (χ2n) is 44.2. The van der Waals surface area contributed by atoms with Crippen LogP contribution in [-0.2, 0) is 67.3 Å². The van der Waals surface area contributed by atoms with Crippen LogP contribution in [0.4, 0.5) is 0 Å². The number of aliphatic hydroxyl groups excluding tert-OH is 1. The van der Waals surface area contributed by atoms with E-state index in [0.29, 0.717) is 0 Å². The van der Waals surface area contributed by atoms with Crippen molar-refractivity contribution in [1.82, 2.24) is 0 Å². The van der Waals surface area contributed by atoms with Crippen molar-refractivity contribution in [1.29, 1.82) is 0 Å². The Morgan fingerprint density at radius 1 is 0.245 bits per heavy atom. The monoisotopic (exact) mass is 1930 g/mol. The standard InChI is InChI=1S/C24H42NO.C24H44NO.C22H40NO.C21H38NO.C18H30NO.C18H32NO/c1-4-7-18-25(19-8-5-2,20-9-6-3)21-22-12-14-23(15-13-22)24(26)16-10-11-17-24;1-6-11-18-25(19-12-7-2,20-13-8-3)21-22-14-16-23(17-15-22)24(26,9-4)10-5;1-6-9-16-23(17-10-7-2,18-11-8-3)19-20-12-14-21(15-13-20)22(4,5)24;1-5-8-15-22(16-9-6-2,17-10-7-3)18-20-11-13-21(14-12-20)19(4)23;1-4-19(5-2,6-3)15-16-9-11-17(12-10-16)18(20)13-7-8-14-18;1-6-18(20,7-2)17-13-11-16(12-14-17)15-19(8-3,9-4)10-5/h12-15,26H,4-11,16-21H2,1-3H3;14-17,26H,6-13,18-21H2,1-5H3;12-15,24H,6-11,16-19H2,1-5H3;11-14,19,23H,5-10,15-18H2,1-4H3;9-12,20H,4-8,13-15H2,1-3H3;11-14,20H,6-10,15H2,1-5H3/q6*+1. The third-order valence-corrected chi connectivity index (χ3v) is 33.3. The molecule has 12 nitrogen and oxygen atoms in total. The summed E-state index contributed by atoms with van der Waals surface area (Å²) in [6.07, 6.45) is 42.2. The van der Waals surface area contributed by atoms with Crippen LogP contribution in [0.1, 0.15) is 477 Å². The molecule has 794 valence electrons. The maximum absolute atomic E-state index is 10.8. The molecule has 0 aromatic heterocycles. The number of hydrogen-bond donors (Lipinski definition) is 6. The van der Waals surface area contributed by atoms with Gasteiger partial charge in [0.05, 0.1) is 152 Å². The molecule has 6 N–H and O–H groups in total. The molecule has 1 unspecified atom stereocenters. The van der Waals surface area contributed by atoms with Crippen molar-refractivity contribution < 1.29 is 57.5 Å². The van der Waals surface area contributed by atoms with Gasteiger partial charge in [0.15, 0.2) is 0 Å². The molecule has 6 aromatic rings. The summed E-state index contributed by atoms with van der Waals surface area (Å²) in [4.78, 5) is 0. The van der Waals surface area contributed by atoms with Crippen molar-refractivity contribution in [3.63, 3.8) is 0 Å². The maximum Gasteiger partial charge on any atom is 0.104 e. The van der Waals surface area contributed by atoms with Gasteiger partial charge >= 0.3 is 0 Å². The average Bonchev–Trinajstić information content (AvgIpc) is 1.27. The third-order valence-electron chi connectivity index (χ3n) is 33.3. The SMILES string of the molecule is CCC(O)(CC)c1ccc(C[N+](CC)(CC)CC)cc1.CCCC[N+](CCCC)(CCCC)Cc1ccc(C(C)(C)O)cc1.CCCC[N+](CCCC)(CCCC)Cc1ccc(C(C)O)cc1.CCCC[N+](CCCC)(CCCC)Cc1ccc(C(O)(CC)CC)cc1.CCCC[N+](CCCC)(CCCC)Cc1ccc(C2(O)CCCC2)cc1.CC[N+](CC)(CC)Cc1ccc(C2(O)CCCC2)cc1. The van der Waals surface area contributed by atoms with Gasteiger partial charge in [-0.15, -0.1) is 0 Å². The Kier molecular flexibility index (Phi) is 62.9. The maximum atomic E-state index is 10.8. The van der Waals surface area contributed by atoms with Gasteiger partial charge in [0, 0.05) is 33.4 Å². The van der Waals surface area contributed by atoms with Crippen LogP contribution in [-0.4, -0.2) is 175 Å². The van der Waals surface area contributed by atoms with Gasteiger partial charge in [-0.25, -0.2) is 0 Å². The van der Waals surface area contributed by atoms with Crippen molar-refractivity contribution >= 4 is 0 Å². The second-order valence-corrected chi connectivity index (χ2v) is 44.2. The quantitative estimate of drug-likeness (QED) is 0.0212. The van der Waals surface area contributed by atoms with Crippen LogP contribution in [0, 0.1) is 0 Å². The Morgan fingerprint density at radius 3 is 0.568 bits per heavy atom. The predicted molar refractivity (Wildman–Crippen MR) is 603 cm³/mol. The van der Waals surface area contributed by atoms with E-state index in [1.807, 2.05) is 34.6 Å². The van der Waals surface area contributed by atoms with Crippen molar-refractivity contribution in [3.05, 3.63) is 212 Å². The molecule has 0 amide bonds. The van der Waals surface area contributed by atoms with Crippen LogP contribution in [0.25, 0.3) is 0 Å². The number of benzene rings is 6. The van der Waals surface area contributed by atoms with Gasteiger partial charge in [-0.05, 0) is 224 Å². The van der Waals surface area contributed by atoms with Crippen LogP contribution in [0.3, 0.4) is 0 Å². The van der Waals surface area contributed by atoms with E-state index < -0.39 is 28.0 Å². The van der Waals surface area contributed by atoms with Crippen molar-refractivity contribution in [2.24, 2.45) is 0 Å². The molecule has 2 aliphatic carbocycles. The fourth-order valence-corrected chi connectivity index (χ4v) is 22.0. The first-order chi connectivity index (χ1) is 66.5. The van der Waals surface area contributed by atoms with Crippen molar-refractivity contribution in [2.75, 3.05) is 118 Å². The molecule has 12 heteroatoms. The van der Waals surface area contributed by atoms with E-state index >= 15 is 0 Å². The first-order valence-electron chi connectivity index (χ1n) is 58.5. The van der Waals surface area contributed by atoms with Gasteiger partial charge < -0.3 is 57.5 Å². The minimum absolute atomic E-state index is 0.372. The summed E-state index contributed by atoms with van der Waals surface area (Å²) in [6.45, 7) is 84.5. The van der Waals surface area contributed by atoms with E-state index in [2.05, 4.69) is 284 Å². The highest BCUT2D eigenvalue weighted by Gasteiger charge is 2.38. The van der Waals surface area contributed by atoms with Gasteiger partial charge in [0.2, 0.25) is 0 Å². The Hall–Kier alpha value is -5.16. The van der Waals surface area contributed by atoms with E-state index in [0.717, 1.165) is 159 Å². The average molecular weight is 1930 g/mol. The molecule has 0 spiro atoms. The van der Waals surface area contributed by atoms with Gasteiger partial charge in [0.1, 0.15) is 39.3 Å². The molecular weight excluding hydrogens is 1710 g/mol. The van der Waals surface area contributed by atoms with Crippen molar-refractivity contribution in [2.45, 2.75) is 478 Å². The summed E-state index contributed by atoms with van der Waals surface area (Å²) >= 11 is 0. The molecule has 0 heterocycles. The topological polar surface area (TPSA) is 121 Å². The number of rotatable bonds is 64. The summed E-state index contributed by atoms with van der Waals surface area (Å²) in [5.74, 6) is 0. The van der Waals surface area contributed by atoms with Gasteiger partial charge in [0.25, 0.3) is 0 Å². The molecule has 2 fully saturated rings. The predicted octanol–water partition coefficient (Wildman–Crippen LogP) is 31.6. The highest BCUT2D eigenvalue weighted by atomic mass is 16.3. The first kappa shape index (κ1) is 128. The highest BCUT2D eigenvalue weighted by molar-refractivity contribution is 5.32. The van der Waals surface area contributed by atoms with E-state index in [1.165, 1.54) is 323 Å². The smallest absolute Gasteiger partial charge is 0.104 e. The van der Waals surface area contributed by atoms with E-state index in [4.69, 9.17) is 0 Å². The van der Waals surface area contributed by atoms with Crippen LogP contribution < -0.4 is 0 Å². The lowest BCUT2D eigenvalue weighted by atomic mass is 9.88. The lowest BCUT2D eigenvalue weighted by Gasteiger charge is -2.39.